The largest absolute Gasteiger partial charge is 0.282 e. The highest BCUT2D eigenvalue weighted by Crippen LogP contribution is 2.61. The van der Waals surface area contributed by atoms with Crippen molar-refractivity contribution in [1.82, 2.24) is 5.01 Å². The molecule has 4 nitrogen and oxygen atoms in total. The Morgan fingerprint density at radius 2 is 1.67 bits per heavy atom. The lowest BCUT2D eigenvalue weighted by atomic mass is 9.65. The van der Waals surface area contributed by atoms with Gasteiger partial charge < -0.3 is 0 Å². The number of fused-ring (bicyclic) bond motifs is 1. The molecule has 2 aliphatic heterocycles. The Bertz CT molecular complexity index is 1390. The molecule has 206 valence electrons. The van der Waals surface area contributed by atoms with Gasteiger partial charge in [-0.05, 0) is 99.1 Å². The predicted molar refractivity (Wildman–Crippen MR) is 165 cm³/mol. The minimum absolute atomic E-state index is 0.235. The summed E-state index contributed by atoms with van der Waals surface area (Å²) in [7, 11) is 0. The van der Waals surface area contributed by atoms with Gasteiger partial charge in [-0.15, -0.1) is 11.8 Å². The second kappa shape index (κ2) is 10.6. The van der Waals surface area contributed by atoms with Gasteiger partial charge in [-0.1, -0.05) is 69.2 Å². The summed E-state index contributed by atoms with van der Waals surface area (Å²) in [5.41, 5.74) is 6.96. The van der Waals surface area contributed by atoms with E-state index in [-0.39, 0.29) is 22.0 Å². The molecular formula is C34H42N2O2S. The maximum absolute atomic E-state index is 13.4. The number of allylic oxidation sites excluding steroid dienone is 12. The number of amides is 2. The summed E-state index contributed by atoms with van der Waals surface area (Å²) in [5.74, 6) is -0.674. The fraction of sp³-hybridized carbons (Fsp3) is 0.441. The number of carbonyl (C=O) groups excluding carboxylic acids is 2. The molecule has 0 bridgehead atoms. The van der Waals surface area contributed by atoms with E-state index in [1.807, 2.05) is 31.2 Å². The lowest BCUT2D eigenvalue weighted by Gasteiger charge is -2.44. The number of nitrogens with zero attached hydrogens (tertiary/aromatic N) is 2. The Morgan fingerprint density at radius 3 is 2.36 bits per heavy atom. The summed E-state index contributed by atoms with van der Waals surface area (Å²) in [6, 6.07) is 0. The van der Waals surface area contributed by atoms with Crippen molar-refractivity contribution in [2.45, 2.75) is 86.3 Å². The van der Waals surface area contributed by atoms with Gasteiger partial charge >= 0.3 is 0 Å². The second-order valence-corrected chi connectivity index (χ2v) is 14.2. The van der Waals surface area contributed by atoms with Gasteiger partial charge in [0.2, 0.25) is 0 Å². The van der Waals surface area contributed by atoms with Crippen LogP contribution in [-0.2, 0) is 9.59 Å². The SMILES string of the molecule is CC1=CC2=CC3=C(C(=O)N(\N=C/C=C(C)/C=C/C=C(C)/C=C/C4=C(C)CCCC4(C)C)C3=O)C(C)(C)C2(C)S1. The predicted octanol–water partition coefficient (Wildman–Crippen LogP) is 8.54. The Kier molecular flexibility index (Phi) is 7.88. The van der Waals surface area contributed by atoms with Crippen LogP contribution in [-0.4, -0.2) is 27.8 Å². The minimum Gasteiger partial charge on any atom is -0.267 e. The van der Waals surface area contributed by atoms with Crippen LogP contribution in [0, 0.1) is 10.8 Å². The fourth-order valence-electron chi connectivity index (χ4n) is 6.11. The molecule has 2 aliphatic carbocycles. The quantitative estimate of drug-likeness (QED) is 0.192. The standard InChI is InChI=1S/C34H42N2O2S/c1-22(15-16-28-24(3)14-11-18-32(28,5)6)12-10-13-23(2)17-19-35-36-30(37)27-21-26-20-25(4)39-34(26,9)33(7,8)29(27)31(36)38/h10,12-13,15-17,19-21H,11,14,18H2,1-9H3/b13-10+,16-15+,22-12+,23-17+,35-19-. The molecule has 39 heavy (non-hydrogen) atoms. The maximum atomic E-state index is 13.4. The van der Waals surface area contributed by atoms with E-state index in [1.165, 1.54) is 47.1 Å². The van der Waals surface area contributed by atoms with Crippen LogP contribution < -0.4 is 0 Å². The molecule has 2 amide bonds. The van der Waals surface area contributed by atoms with Crippen LogP contribution in [0.25, 0.3) is 0 Å². The molecule has 1 unspecified atom stereocenters. The summed E-state index contributed by atoms with van der Waals surface area (Å²) < 4.78 is -0.282. The first kappa shape index (κ1) is 29.1. The Balaban J connectivity index is 1.43. The summed E-state index contributed by atoms with van der Waals surface area (Å²) in [6.45, 7) is 19.3. The number of carbonyl (C=O) groups is 2. The summed E-state index contributed by atoms with van der Waals surface area (Å²) >= 11 is 1.76. The number of hydrogen-bond donors (Lipinski definition) is 0. The molecule has 1 atom stereocenters. The van der Waals surface area contributed by atoms with Crippen molar-refractivity contribution in [2.75, 3.05) is 0 Å². The van der Waals surface area contributed by atoms with Crippen LogP contribution in [0.15, 0.2) is 97.6 Å². The molecule has 0 spiro atoms. The number of hydrazone groups is 1. The van der Waals surface area contributed by atoms with Crippen LogP contribution in [0.2, 0.25) is 0 Å². The molecule has 5 heteroatoms. The zero-order chi connectivity index (χ0) is 28.8. The van der Waals surface area contributed by atoms with Gasteiger partial charge in [0.25, 0.3) is 11.8 Å². The van der Waals surface area contributed by atoms with E-state index in [0.29, 0.717) is 11.1 Å². The number of rotatable bonds is 6. The van der Waals surface area contributed by atoms with E-state index in [0.717, 1.165) is 16.2 Å². The van der Waals surface area contributed by atoms with Crippen LogP contribution >= 0.6 is 11.8 Å². The third-order valence-corrected chi connectivity index (χ3v) is 10.4. The zero-order valence-electron chi connectivity index (χ0n) is 24.9. The van der Waals surface area contributed by atoms with E-state index in [4.69, 9.17) is 0 Å². The Hall–Kier alpha value is -2.92. The van der Waals surface area contributed by atoms with Crippen molar-refractivity contribution < 1.29 is 9.59 Å². The third-order valence-electron chi connectivity index (χ3n) is 8.78. The van der Waals surface area contributed by atoms with Crippen LogP contribution in [0.1, 0.15) is 81.6 Å². The van der Waals surface area contributed by atoms with Crippen molar-refractivity contribution in [3.63, 3.8) is 0 Å². The lowest BCUT2D eigenvalue weighted by Crippen LogP contribution is -2.44. The van der Waals surface area contributed by atoms with Crippen molar-refractivity contribution in [3.05, 3.63) is 92.5 Å². The highest BCUT2D eigenvalue weighted by molar-refractivity contribution is 8.04. The second-order valence-electron chi connectivity index (χ2n) is 12.5. The number of imide groups is 1. The monoisotopic (exact) mass is 542 g/mol. The van der Waals surface area contributed by atoms with Gasteiger partial charge in [0, 0.05) is 17.2 Å². The molecule has 2 heterocycles. The van der Waals surface area contributed by atoms with Gasteiger partial charge in [-0.3, -0.25) is 9.59 Å². The molecule has 0 aromatic carbocycles. The molecule has 4 rings (SSSR count). The van der Waals surface area contributed by atoms with Crippen LogP contribution in [0.3, 0.4) is 0 Å². The summed E-state index contributed by atoms with van der Waals surface area (Å²) in [5, 5.41) is 5.28. The van der Waals surface area contributed by atoms with E-state index in [1.54, 1.807) is 11.8 Å². The molecule has 0 aromatic rings. The molecule has 0 fully saturated rings. The molecular weight excluding hydrogens is 500 g/mol. The number of hydrogen-bond acceptors (Lipinski definition) is 4. The van der Waals surface area contributed by atoms with Gasteiger partial charge in [0.1, 0.15) is 0 Å². The van der Waals surface area contributed by atoms with E-state index in [9.17, 15) is 9.59 Å². The zero-order valence-corrected chi connectivity index (χ0v) is 25.8. The van der Waals surface area contributed by atoms with Crippen molar-refractivity contribution >= 4 is 29.8 Å². The van der Waals surface area contributed by atoms with Crippen LogP contribution in [0.4, 0.5) is 0 Å². The Labute approximate surface area is 238 Å². The van der Waals surface area contributed by atoms with E-state index < -0.39 is 5.41 Å². The molecule has 0 saturated heterocycles. The van der Waals surface area contributed by atoms with E-state index >= 15 is 0 Å². The molecule has 0 aromatic heterocycles. The van der Waals surface area contributed by atoms with Gasteiger partial charge in [0.05, 0.1) is 10.3 Å². The summed E-state index contributed by atoms with van der Waals surface area (Å²) in [4.78, 5) is 27.7. The van der Waals surface area contributed by atoms with Crippen LogP contribution in [0.5, 0.6) is 0 Å². The van der Waals surface area contributed by atoms with Gasteiger partial charge in [-0.2, -0.15) is 10.1 Å². The third kappa shape index (κ3) is 5.30. The average molecular weight is 543 g/mol. The molecule has 0 N–H and O–H groups in total. The van der Waals surface area contributed by atoms with Gasteiger partial charge in [0.15, 0.2) is 0 Å². The highest BCUT2D eigenvalue weighted by atomic mass is 32.2. The first-order valence-corrected chi connectivity index (χ1v) is 14.7. The van der Waals surface area contributed by atoms with Gasteiger partial charge in [-0.25, -0.2) is 0 Å². The van der Waals surface area contributed by atoms with Crippen molar-refractivity contribution in [3.8, 4) is 0 Å². The maximum Gasteiger partial charge on any atom is 0.282 e. The normalized spacial score (nSPS) is 27.4. The topological polar surface area (TPSA) is 49.7 Å². The molecule has 4 aliphatic rings. The first-order chi connectivity index (χ1) is 18.2. The minimum atomic E-state index is -0.503. The first-order valence-electron chi connectivity index (χ1n) is 13.9. The smallest absolute Gasteiger partial charge is 0.267 e. The lowest BCUT2D eigenvalue weighted by molar-refractivity contribution is -0.137. The molecule has 0 radical (unpaired) electrons. The van der Waals surface area contributed by atoms with Crippen molar-refractivity contribution in [1.29, 1.82) is 0 Å². The Morgan fingerprint density at radius 1 is 0.974 bits per heavy atom. The van der Waals surface area contributed by atoms with E-state index in [2.05, 4.69) is 84.8 Å². The average Bonchev–Trinajstić information content (AvgIpc) is 3.26. The highest BCUT2D eigenvalue weighted by Gasteiger charge is 2.58. The fourth-order valence-corrected chi connectivity index (χ4v) is 7.53. The number of thioether (sulfide) groups is 1. The van der Waals surface area contributed by atoms with Crippen molar-refractivity contribution in [2.24, 2.45) is 15.9 Å². The summed E-state index contributed by atoms with van der Waals surface area (Å²) in [6.07, 6.45) is 21.6. The molecule has 0 saturated carbocycles.